The first-order valence-corrected chi connectivity index (χ1v) is 11.9. The number of aromatic nitrogens is 2. The van der Waals surface area contributed by atoms with Crippen molar-refractivity contribution in [2.75, 3.05) is 21.3 Å². The standard InChI is InChI=1S/C27H26N2O5S/c1-16-12-17(2)29-27(28-16)35-15-21-14-23(20-10-11-22(31-3)24(13-20)32-4)34-25(21)18-6-8-19(9-7-18)26(30)33-5/h6-14H,15H2,1-5H3. The molecule has 0 N–H and O–H groups in total. The smallest absolute Gasteiger partial charge is 0.337 e. The molecule has 0 saturated carbocycles. The monoisotopic (exact) mass is 490 g/mol. The van der Waals surface area contributed by atoms with Gasteiger partial charge in [0.15, 0.2) is 16.7 Å². The van der Waals surface area contributed by atoms with Crippen LogP contribution in [0.2, 0.25) is 0 Å². The van der Waals surface area contributed by atoms with Crippen LogP contribution in [0.25, 0.3) is 22.6 Å². The molecule has 180 valence electrons. The number of nitrogens with zero attached hydrogens (tertiary/aromatic N) is 2. The Morgan fingerprint density at radius 1 is 0.857 bits per heavy atom. The molecule has 2 heterocycles. The number of aryl methyl sites for hydroxylation is 2. The van der Waals surface area contributed by atoms with Crippen LogP contribution in [0.1, 0.15) is 27.3 Å². The van der Waals surface area contributed by atoms with Crippen molar-refractivity contribution < 1.29 is 23.4 Å². The van der Waals surface area contributed by atoms with E-state index in [1.807, 2.05) is 56.3 Å². The topological polar surface area (TPSA) is 83.7 Å². The zero-order chi connectivity index (χ0) is 24.9. The molecule has 0 amide bonds. The Bertz CT molecular complexity index is 1330. The highest BCUT2D eigenvalue weighted by molar-refractivity contribution is 7.98. The number of methoxy groups -OCH3 is 3. The predicted molar refractivity (Wildman–Crippen MR) is 135 cm³/mol. The minimum absolute atomic E-state index is 0.384. The van der Waals surface area contributed by atoms with E-state index in [-0.39, 0.29) is 5.97 Å². The highest BCUT2D eigenvalue weighted by Gasteiger charge is 2.18. The van der Waals surface area contributed by atoms with Crippen LogP contribution in [-0.4, -0.2) is 37.3 Å². The van der Waals surface area contributed by atoms with Gasteiger partial charge >= 0.3 is 5.97 Å². The van der Waals surface area contributed by atoms with Crippen molar-refractivity contribution in [3.63, 3.8) is 0 Å². The summed E-state index contributed by atoms with van der Waals surface area (Å²) in [5.41, 5.74) is 5.01. The number of hydrogen-bond donors (Lipinski definition) is 0. The second-order valence-electron chi connectivity index (χ2n) is 7.83. The van der Waals surface area contributed by atoms with Gasteiger partial charge in [-0.15, -0.1) is 0 Å². The Morgan fingerprint density at radius 2 is 1.51 bits per heavy atom. The molecule has 35 heavy (non-hydrogen) atoms. The fraction of sp³-hybridized carbons (Fsp3) is 0.222. The predicted octanol–water partition coefficient (Wildman–Crippen LogP) is 6.12. The van der Waals surface area contributed by atoms with Gasteiger partial charge < -0.3 is 18.6 Å². The fourth-order valence-electron chi connectivity index (χ4n) is 3.69. The number of hydrogen-bond acceptors (Lipinski definition) is 8. The van der Waals surface area contributed by atoms with Gasteiger partial charge in [-0.1, -0.05) is 23.9 Å². The van der Waals surface area contributed by atoms with Crippen molar-refractivity contribution in [3.05, 3.63) is 77.1 Å². The quantitative estimate of drug-likeness (QED) is 0.166. The maximum atomic E-state index is 11.9. The van der Waals surface area contributed by atoms with E-state index in [2.05, 4.69) is 9.97 Å². The van der Waals surface area contributed by atoms with E-state index in [0.717, 1.165) is 28.1 Å². The second-order valence-corrected chi connectivity index (χ2v) is 8.77. The summed E-state index contributed by atoms with van der Waals surface area (Å²) in [7, 11) is 4.57. The van der Waals surface area contributed by atoms with Gasteiger partial charge in [0, 0.05) is 33.8 Å². The number of ether oxygens (including phenoxy) is 3. The number of furan rings is 1. The number of carbonyl (C=O) groups is 1. The van der Waals surface area contributed by atoms with Crippen LogP contribution >= 0.6 is 11.8 Å². The van der Waals surface area contributed by atoms with Gasteiger partial charge in [-0.2, -0.15) is 0 Å². The van der Waals surface area contributed by atoms with E-state index in [0.29, 0.717) is 39.5 Å². The Balaban J connectivity index is 1.73. The molecule has 8 heteroatoms. The average Bonchev–Trinajstić information content (AvgIpc) is 3.30. The summed E-state index contributed by atoms with van der Waals surface area (Å²) in [5, 5.41) is 0.711. The van der Waals surface area contributed by atoms with Gasteiger partial charge in [0.2, 0.25) is 0 Å². The Hall–Kier alpha value is -3.78. The molecule has 0 aliphatic rings. The highest BCUT2D eigenvalue weighted by atomic mass is 32.2. The van der Waals surface area contributed by atoms with Crippen molar-refractivity contribution in [2.45, 2.75) is 24.8 Å². The molecule has 0 aliphatic heterocycles. The van der Waals surface area contributed by atoms with Crippen molar-refractivity contribution in [1.82, 2.24) is 9.97 Å². The van der Waals surface area contributed by atoms with E-state index in [4.69, 9.17) is 18.6 Å². The maximum absolute atomic E-state index is 11.9. The van der Waals surface area contributed by atoms with E-state index in [1.54, 1.807) is 38.1 Å². The van der Waals surface area contributed by atoms with E-state index in [1.165, 1.54) is 7.11 Å². The lowest BCUT2D eigenvalue weighted by Gasteiger charge is -2.08. The number of rotatable bonds is 8. The normalized spacial score (nSPS) is 10.8. The molecule has 0 radical (unpaired) electrons. The molecule has 0 atom stereocenters. The minimum Gasteiger partial charge on any atom is -0.493 e. The zero-order valence-electron chi connectivity index (χ0n) is 20.2. The molecule has 7 nitrogen and oxygen atoms in total. The van der Waals surface area contributed by atoms with Crippen LogP contribution in [0.4, 0.5) is 0 Å². The molecule has 0 bridgehead atoms. The second kappa shape index (κ2) is 10.7. The Kier molecular flexibility index (Phi) is 7.41. The summed E-state index contributed by atoms with van der Waals surface area (Å²) in [6.07, 6.45) is 0. The SMILES string of the molecule is COC(=O)c1ccc(-c2oc(-c3ccc(OC)c(OC)c3)cc2CSc2nc(C)cc(C)n2)cc1. The van der Waals surface area contributed by atoms with E-state index in [9.17, 15) is 4.79 Å². The molecule has 0 fully saturated rings. The van der Waals surface area contributed by atoms with Crippen molar-refractivity contribution in [2.24, 2.45) is 0 Å². The van der Waals surface area contributed by atoms with E-state index >= 15 is 0 Å². The zero-order valence-corrected chi connectivity index (χ0v) is 21.1. The maximum Gasteiger partial charge on any atom is 0.337 e. The molecule has 4 aromatic rings. The Labute approximate surface area is 208 Å². The summed E-state index contributed by atoms with van der Waals surface area (Å²) in [5.74, 6) is 2.88. The number of thioether (sulfide) groups is 1. The molecule has 2 aromatic carbocycles. The number of esters is 1. The first-order valence-electron chi connectivity index (χ1n) is 10.9. The van der Waals surface area contributed by atoms with Crippen LogP contribution in [0, 0.1) is 13.8 Å². The van der Waals surface area contributed by atoms with Gasteiger partial charge in [-0.3, -0.25) is 0 Å². The molecule has 0 spiro atoms. The summed E-state index contributed by atoms with van der Waals surface area (Å²) in [6.45, 7) is 3.92. The average molecular weight is 491 g/mol. The van der Waals surface area contributed by atoms with Crippen molar-refractivity contribution in [1.29, 1.82) is 0 Å². The van der Waals surface area contributed by atoms with Crippen LogP contribution in [-0.2, 0) is 10.5 Å². The molecule has 0 aliphatic carbocycles. The van der Waals surface area contributed by atoms with Crippen molar-refractivity contribution >= 4 is 17.7 Å². The van der Waals surface area contributed by atoms with Crippen LogP contribution < -0.4 is 9.47 Å². The first kappa shape index (κ1) is 24.3. The summed E-state index contributed by atoms with van der Waals surface area (Å²) >= 11 is 1.54. The Morgan fingerprint density at radius 3 is 2.14 bits per heavy atom. The summed E-state index contributed by atoms with van der Waals surface area (Å²) in [4.78, 5) is 20.9. The van der Waals surface area contributed by atoms with Crippen LogP contribution in [0.3, 0.4) is 0 Å². The molecule has 4 rings (SSSR count). The molecule has 0 saturated heterocycles. The molecule has 2 aromatic heterocycles. The van der Waals surface area contributed by atoms with Gasteiger partial charge in [0.1, 0.15) is 11.5 Å². The lowest BCUT2D eigenvalue weighted by atomic mass is 10.1. The summed E-state index contributed by atoms with van der Waals surface area (Å²) in [6, 6.07) is 16.8. The van der Waals surface area contributed by atoms with Gasteiger partial charge in [-0.05, 0) is 56.3 Å². The van der Waals surface area contributed by atoms with Crippen molar-refractivity contribution in [3.8, 4) is 34.1 Å². The van der Waals surface area contributed by atoms with Gasteiger partial charge in [0.25, 0.3) is 0 Å². The molecular formula is C27H26N2O5S. The fourth-order valence-corrected chi connectivity index (χ4v) is 4.60. The first-order chi connectivity index (χ1) is 16.9. The third-order valence-electron chi connectivity index (χ3n) is 5.36. The minimum atomic E-state index is -0.384. The van der Waals surface area contributed by atoms with Crippen LogP contribution in [0.5, 0.6) is 11.5 Å². The third-order valence-corrected chi connectivity index (χ3v) is 6.26. The molecular weight excluding hydrogens is 464 g/mol. The number of carbonyl (C=O) groups excluding carboxylic acids is 1. The largest absolute Gasteiger partial charge is 0.493 e. The summed E-state index contributed by atoms with van der Waals surface area (Å²) < 4.78 is 22.0. The third kappa shape index (κ3) is 5.49. The lowest BCUT2D eigenvalue weighted by molar-refractivity contribution is 0.0600. The van der Waals surface area contributed by atoms with Gasteiger partial charge in [-0.25, -0.2) is 14.8 Å². The lowest BCUT2D eigenvalue weighted by Crippen LogP contribution is -2.00. The number of benzene rings is 2. The van der Waals surface area contributed by atoms with E-state index < -0.39 is 0 Å². The highest BCUT2D eigenvalue weighted by Crippen LogP contribution is 2.38. The van der Waals surface area contributed by atoms with Gasteiger partial charge in [0.05, 0.1) is 26.9 Å². The van der Waals surface area contributed by atoms with Crippen LogP contribution in [0.15, 0.2) is 64.2 Å². The molecule has 0 unspecified atom stereocenters.